The maximum Gasteiger partial charge on any atom is 0.588 e. The molecular formula is C103H171N2O19P. The molecule has 1 saturated heterocycles. The molecule has 0 saturated carbocycles. The first-order valence-corrected chi connectivity index (χ1v) is 51.7. The van der Waals surface area contributed by atoms with Gasteiger partial charge in [0.1, 0.15) is 54.7 Å². The summed E-state index contributed by atoms with van der Waals surface area (Å²) in [5, 5.41) is 17.7. The van der Waals surface area contributed by atoms with Gasteiger partial charge in [0.25, 0.3) is 0 Å². The lowest BCUT2D eigenvalue weighted by atomic mass is 9.95. The average molecular weight is 1770 g/mol. The van der Waals surface area contributed by atoms with Crippen molar-refractivity contribution in [2.45, 2.75) is 488 Å². The molecule has 3 N–H and O–H groups in total. The van der Waals surface area contributed by atoms with Gasteiger partial charge < -0.3 is 57.9 Å². The van der Waals surface area contributed by atoms with Gasteiger partial charge >= 0.3 is 37.7 Å². The van der Waals surface area contributed by atoms with Crippen molar-refractivity contribution in [3.8, 4) is 11.5 Å². The van der Waals surface area contributed by atoms with Crippen LogP contribution >= 0.6 is 7.82 Å². The summed E-state index contributed by atoms with van der Waals surface area (Å²) in [7, 11) is -5.08. The summed E-state index contributed by atoms with van der Waals surface area (Å²) in [4.78, 5) is 103. The van der Waals surface area contributed by atoms with Gasteiger partial charge in [0, 0.05) is 19.3 Å². The number of carbonyl (C=O) groups excluding carboxylic acids is 7. The Morgan fingerprint density at radius 2 is 0.704 bits per heavy atom. The predicted molar refractivity (Wildman–Crippen MR) is 499 cm³/mol. The van der Waals surface area contributed by atoms with Crippen molar-refractivity contribution >= 4 is 49.5 Å². The average Bonchev–Trinajstić information content (AvgIpc) is 0.771. The lowest BCUT2D eigenvalue weighted by Gasteiger charge is -2.45. The number of ether oxygens (including phenoxy) is 7. The standard InChI is InChI=1S/C103H171N2O19P/c1-7-13-19-25-31-37-40-46-57-73-88(117-95(109)76-64-49-43-34-28-22-16-10-4)79-93(107)104-91(102(113)115-83-85-67-55-52-56-68-85)84-116-103-99(105-94(108)80-89(74-58-47-41-38-32-26-20-14-8-2)118-96(110)77-65-50-44-35-29-23-17-11-5)101(100(92(82-106)120-103)124-125(114,122-86-69-60-53-61-70-86)123-87-71-62-54-63-72-87)121-98(112)81-90(75-59-48-42-39-33-27-21-15-9-3)119-97(111)78-66-51-45-36-30-24-18-12-6/h52-56,60-63,67-72,88-92,99-101,103,106H,7-51,57-59,64-66,73-84H2,1-6H3,(H,104,107)(H,105,108)/t88-,89-,90-,91+,92-,99-,100-,101-,103?/m1/s1. The number of amides is 2. The summed E-state index contributed by atoms with van der Waals surface area (Å²) in [6.07, 6.45) is 42.9. The maximum atomic E-state index is 16.0. The molecule has 0 spiro atoms. The smallest absolute Gasteiger partial charge is 0.462 e. The minimum atomic E-state index is -5.08. The molecule has 125 heavy (non-hydrogen) atoms. The Morgan fingerprint density at radius 3 is 1.06 bits per heavy atom. The third kappa shape index (κ3) is 56.0. The number of nitrogens with one attached hydrogen (secondary N) is 2. The van der Waals surface area contributed by atoms with E-state index >= 15 is 14.2 Å². The molecule has 1 aliphatic heterocycles. The summed E-state index contributed by atoms with van der Waals surface area (Å²) < 4.78 is 80.1. The van der Waals surface area contributed by atoms with Crippen LogP contribution in [-0.4, -0.2) is 115 Å². The highest BCUT2D eigenvalue weighted by molar-refractivity contribution is 7.49. The molecule has 9 atom stereocenters. The Bertz CT molecular complexity index is 3180. The fraction of sp³-hybridized carbons (Fsp3) is 0.757. The minimum absolute atomic E-state index is 0.0470. The lowest BCUT2D eigenvalue weighted by molar-refractivity contribution is -0.272. The third-order valence-corrected chi connectivity index (χ3v) is 24.9. The fourth-order valence-corrected chi connectivity index (χ4v) is 17.6. The monoisotopic (exact) mass is 1770 g/mol. The second kappa shape index (κ2) is 74.4. The quantitative estimate of drug-likeness (QED) is 0.0205. The molecule has 3 aromatic carbocycles. The number of phosphoric ester groups is 1. The molecule has 21 nitrogen and oxygen atoms in total. The zero-order chi connectivity index (χ0) is 90.1. The van der Waals surface area contributed by atoms with Crippen LogP contribution < -0.4 is 19.7 Å². The Kier molecular flexibility index (Phi) is 66.0. The topological polar surface area (TPSA) is 273 Å². The predicted octanol–water partition coefficient (Wildman–Crippen LogP) is 26.3. The molecule has 1 aliphatic rings. The first-order valence-electron chi connectivity index (χ1n) is 50.3. The summed E-state index contributed by atoms with van der Waals surface area (Å²) >= 11 is 0. The largest absolute Gasteiger partial charge is 0.588 e. The van der Waals surface area contributed by atoms with E-state index in [9.17, 15) is 29.1 Å². The van der Waals surface area contributed by atoms with Gasteiger partial charge in [-0.2, -0.15) is 0 Å². The number of para-hydroxylation sites is 2. The van der Waals surface area contributed by atoms with E-state index in [-0.39, 0.29) is 43.8 Å². The van der Waals surface area contributed by atoms with Gasteiger partial charge in [-0.15, -0.1) is 0 Å². The van der Waals surface area contributed by atoms with Crippen LogP contribution in [0.1, 0.15) is 432 Å². The summed E-state index contributed by atoms with van der Waals surface area (Å²) in [5.41, 5.74) is 0.643. The summed E-state index contributed by atoms with van der Waals surface area (Å²) in [5.74, 6) is -4.46. The normalized spacial score (nSPS) is 16.1. The van der Waals surface area contributed by atoms with Crippen LogP contribution in [0.2, 0.25) is 0 Å². The number of aliphatic hydroxyl groups is 1. The number of benzene rings is 3. The molecule has 1 fully saturated rings. The van der Waals surface area contributed by atoms with E-state index in [2.05, 4.69) is 52.2 Å². The van der Waals surface area contributed by atoms with Crippen LogP contribution in [0.3, 0.4) is 0 Å². The molecule has 2 amide bonds. The van der Waals surface area contributed by atoms with Crippen molar-refractivity contribution in [2.75, 3.05) is 13.2 Å². The van der Waals surface area contributed by atoms with E-state index in [0.29, 0.717) is 63.4 Å². The molecule has 3 aromatic rings. The highest BCUT2D eigenvalue weighted by Gasteiger charge is 2.54. The maximum absolute atomic E-state index is 16.0. The molecule has 1 unspecified atom stereocenters. The van der Waals surface area contributed by atoms with E-state index in [4.69, 9.17) is 46.7 Å². The Morgan fingerprint density at radius 1 is 0.384 bits per heavy atom. The van der Waals surface area contributed by atoms with Crippen LogP contribution in [-0.2, 0) is 82.4 Å². The number of esters is 5. The number of unbranched alkanes of at least 4 members (excludes halogenated alkanes) is 45. The van der Waals surface area contributed by atoms with Crippen LogP contribution in [0.25, 0.3) is 0 Å². The number of rotatable bonds is 82. The Hall–Kier alpha value is -6.38. The summed E-state index contributed by atoms with van der Waals surface area (Å²) in [6, 6.07) is 21.9. The highest BCUT2D eigenvalue weighted by Crippen LogP contribution is 2.53. The van der Waals surface area contributed by atoms with E-state index in [1.807, 2.05) is 6.07 Å². The molecule has 0 aromatic heterocycles. The van der Waals surface area contributed by atoms with Crippen molar-refractivity contribution < 1.29 is 90.0 Å². The second-order valence-electron chi connectivity index (χ2n) is 35.1. The Labute approximate surface area is 755 Å². The fourth-order valence-electron chi connectivity index (χ4n) is 16.1. The van der Waals surface area contributed by atoms with Crippen molar-refractivity contribution in [3.63, 3.8) is 0 Å². The molecule has 0 radical (unpaired) electrons. The lowest BCUT2D eigenvalue weighted by Crippen LogP contribution is -2.67. The van der Waals surface area contributed by atoms with Gasteiger partial charge in [-0.1, -0.05) is 397 Å². The van der Waals surface area contributed by atoms with Gasteiger partial charge in [0.05, 0.1) is 32.5 Å². The van der Waals surface area contributed by atoms with Crippen molar-refractivity contribution in [1.29, 1.82) is 0 Å². The van der Waals surface area contributed by atoms with Crippen LogP contribution in [0.4, 0.5) is 0 Å². The zero-order valence-electron chi connectivity index (χ0n) is 78.6. The van der Waals surface area contributed by atoms with E-state index in [0.717, 1.165) is 199 Å². The molecule has 4 rings (SSSR count). The highest BCUT2D eigenvalue weighted by atomic mass is 31.2. The van der Waals surface area contributed by atoms with Crippen molar-refractivity contribution in [1.82, 2.24) is 10.6 Å². The van der Waals surface area contributed by atoms with Gasteiger partial charge in [0.2, 0.25) is 11.8 Å². The van der Waals surface area contributed by atoms with E-state index in [1.165, 1.54) is 114 Å². The first-order chi connectivity index (χ1) is 61.0. The van der Waals surface area contributed by atoms with E-state index < -0.39 is 131 Å². The van der Waals surface area contributed by atoms with Crippen LogP contribution in [0.5, 0.6) is 11.5 Å². The third-order valence-electron chi connectivity index (χ3n) is 23.6. The molecule has 22 heteroatoms. The molecule has 712 valence electrons. The molecule has 0 bridgehead atoms. The van der Waals surface area contributed by atoms with Gasteiger partial charge in [-0.25, -0.2) is 9.36 Å². The van der Waals surface area contributed by atoms with Crippen LogP contribution in [0, 0.1) is 0 Å². The number of hydrogen-bond donors (Lipinski definition) is 3. The minimum Gasteiger partial charge on any atom is -0.462 e. The van der Waals surface area contributed by atoms with Crippen molar-refractivity contribution in [3.05, 3.63) is 96.6 Å². The SMILES string of the molecule is CCCCCCCCCCC[C@H](CC(=O)N[C@@H](COC1O[C@H](CO)[C@@H](OP(=O)(Oc2ccccc2)Oc2ccccc2)[C@H](OC(=O)C[C@@H](CCCCCCCCCCC)OC(=O)CCCCCCCCCC)[C@H]1NC(=O)C[C@@H](CCCCCCCCCCC)OC(=O)CCCCCCCCCC)C(=O)OCc1ccccc1)OC(=O)CCCCCCCCCC. The van der Waals surface area contributed by atoms with Crippen molar-refractivity contribution in [2.24, 2.45) is 0 Å². The molecule has 0 aliphatic carbocycles. The number of phosphoric acid groups is 1. The first kappa shape index (κ1) is 111. The number of carbonyl (C=O) groups is 7. The molecular weight excluding hydrogens is 1600 g/mol. The second-order valence-corrected chi connectivity index (χ2v) is 36.6. The zero-order valence-corrected chi connectivity index (χ0v) is 79.5. The molecule has 1 heterocycles. The van der Waals surface area contributed by atoms with Gasteiger partial charge in [0.15, 0.2) is 18.4 Å². The summed E-state index contributed by atoms with van der Waals surface area (Å²) in [6.45, 7) is 11.3. The Balaban J connectivity index is 1.91. The van der Waals surface area contributed by atoms with Gasteiger partial charge in [-0.3, -0.25) is 33.3 Å². The van der Waals surface area contributed by atoms with Gasteiger partial charge in [-0.05, 0) is 87.6 Å². The number of hydrogen-bond acceptors (Lipinski definition) is 19. The van der Waals surface area contributed by atoms with E-state index in [1.54, 1.807) is 60.7 Å². The van der Waals surface area contributed by atoms with Crippen LogP contribution in [0.15, 0.2) is 91.0 Å². The number of aliphatic hydroxyl groups excluding tert-OH is 1.